The summed E-state index contributed by atoms with van der Waals surface area (Å²) in [5.41, 5.74) is 0.867. The Bertz CT molecular complexity index is 539. The fourth-order valence-corrected chi connectivity index (χ4v) is 2.92. The first-order valence-electron chi connectivity index (χ1n) is 8.19. The van der Waals surface area contributed by atoms with Crippen LogP contribution < -0.4 is 5.32 Å². The van der Waals surface area contributed by atoms with E-state index >= 15 is 0 Å². The minimum absolute atomic E-state index is 0.249. The number of hydrogen-bond acceptors (Lipinski definition) is 2. The monoisotopic (exact) mass is 385 g/mol. The molecule has 1 aliphatic heterocycles. The molecule has 1 N–H and O–H groups in total. The van der Waals surface area contributed by atoms with Crippen molar-refractivity contribution in [3.8, 4) is 0 Å². The summed E-state index contributed by atoms with van der Waals surface area (Å²) >= 11 is 3.17. The van der Waals surface area contributed by atoms with Gasteiger partial charge in [-0.3, -0.25) is 0 Å². The molecule has 1 heterocycles. The molecule has 1 aliphatic rings. The molecule has 1 fully saturated rings. The van der Waals surface area contributed by atoms with Crippen LogP contribution in [0, 0.1) is 11.7 Å². The lowest BCUT2D eigenvalue weighted by Crippen LogP contribution is -2.40. The molecule has 4 nitrogen and oxygen atoms in total. The highest BCUT2D eigenvalue weighted by Gasteiger charge is 2.24. The van der Waals surface area contributed by atoms with Crippen molar-refractivity contribution in [3.05, 3.63) is 34.1 Å². The summed E-state index contributed by atoms with van der Waals surface area (Å²) in [5.74, 6) is 1.21. The Balaban J connectivity index is 1.98. The Kier molecular flexibility index (Phi) is 7.30. The minimum Gasteiger partial charge on any atom is -0.381 e. The third-order valence-electron chi connectivity index (χ3n) is 3.87. The molecule has 0 saturated carbocycles. The van der Waals surface area contributed by atoms with Crippen LogP contribution >= 0.6 is 15.9 Å². The van der Waals surface area contributed by atoms with Gasteiger partial charge in [-0.15, -0.1) is 0 Å². The molecule has 2 rings (SSSR count). The Morgan fingerprint density at radius 1 is 1.48 bits per heavy atom. The Morgan fingerprint density at radius 3 is 3.00 bits per heavy atom. The van der Waals surface area contributed by atoms with Gasteiger partial charge in [0, 0.05) is 32.2 Å². The maximum absolute atomic E-state index is 13.6. The molecule has 1 atom stereocenters. The van der Waals surface area contributed by atoms with Crippen molar-refractivity contribution in [3.63, 3.8) is 0 Å². The van der Waals surface area contributed by atoms with Crippen LogP contribution in [-0.4, -0.2) is 43.7 Å². The lowest BCUT2D eigenvalue weighted by atomic mass is 10.1. The van der Waals surface area contributed by atoms with Gasteiger partial charge in [-0.05, 0) is 53.9 Å². The average molecular weight is 386 g/mol. The molecule has 6 heteroatoms. The fourth-order valence-electron chi connectivity index (χ4n) is 2.68. The average Bonchev–Trinajstić information content (AvgIpc) is 3.01. The minimum atomic E-state index is -0.249. The molecular formula is C17H25BrFN3O. The highest BCUT2D eigenvalue weighted by molar-refractivity contribution is 9.10. The van der Waals surface area contributed by atoms with Crippen molar-refractivity contribution in [1.82, 2.24) is 10.2 Å². The van der Waals surface area contributed by atoms with Gasteiger partial charge in [0.1, 0.15) is 5.82 Å². The van der Waals surface area contributed by atoms with E-state index in [2.05, 4.69) is 38.1 Å². The molecule has 0 aliphatic carbocycles. The van der Waals surface area contributed by atoms with Crippen LogP contribution in [0.15, 0.2) is 27.7 Å². The highest BCUT2D eigenvalue weighted by Crippen LogP contribution is 2.18. The molecule has 1 saturated heterocycles. The van der Waals surface area contributed by atoms with E-state index in [1.54, 1.807) is 6.07 Å². The molecule has 128 valence electrons. The summed E-state index contributed by atoms with van der Waals surface area (Å²) < 4.78 is 19.6. The van der Waals surface area contributed by atoms with Crippen molar-refractivity contribution in [1.29, 1.82) is 0 Å². The summed E-state index contributed by atoms with van der Waals surface area (Å²) in [6, 6.07) is 5.14. The van der Waals surface area contributed by atoms with Crippen molar-refractivity contribution < 1.29 is 9.13 Å². The molecule has 0 aromatic heterocycles. The molecule has 1 aromatic rings. The molecule has 0 amide bonds. The van der Waals surface area contributed by atoms with Crippen LogP contribution in [0.3, 0.4) is 0 Å². The number of nitrogens with zero attached hydrogens (tertiary/aromatic N) is 2. The molecule has 0 radical (unpaired) electrons. The third-order valence-corrected chi connectivity index (χ3v) is 4.52. The third kappa shape index (κ3) is 5.46. The van der Waals surface area contributed by atoms with Crippen LogP contribution in [-0.2, 0) is 11.3 Å². The first-order chi connectivity index (χ1) is 11.1. The largest absolute Gasteiger partial charge is 0.381 e. The first kappa shape index (κ1) is 18.2. The highest BCUT2D eigenvalue weighted by atomic mass is 79.9. The lowest BCUT2D eigenvalue weighted by molar-refractivity contribution is 0.114. The molecule has 0 spiro atoms. The van der Waals surface area contributed by atoms with E-state index in [1.807, 2.05) is 13.0 Å². The number of guanidine groups is 1. The van der Waals surface area contributed by atoms with E-state index < -0.39 is 0 Å². The van der Waals surface area contributed by atoms with Crippen LogP contribution in [0.2, 0.25) is 0 Å². The van der Waals surface area contributed by atoms with Crippen LogP contribution in [0.5, 0.6) is 0 Å². The van der Waals surface area contributed by atoms with Gasteiger partial charge in [-0.1, -0.05) is 6.07 Å². The molecule has 1 unspecified atom stereocenters. The SMILES string of the molecule is CCNC(=NCc1ccc(Br)c(F)c1)N1CCC(COCC)C1. The number of ether oxygens (including phenoxy) is 1. The van der Waals surface area contributed by atoms with E-state index in [9.17, 15) is 4.39 Å². The smallest absolute Gasteiger partial charge is 0.194 e. The molecular weight excluding hydrogens is 361 g/mol. The number of halogens is 2. The summed E-state index contributed by atoms with van der Waals surface area (Å²) in [6.45, 7) is 8.89. The summed E-state index contributed by atoms with van der Waals surface area (Å²) in [7, 11) is 0. The molecule has 0 bridgehead atoms. The Morgan fingerprint density at radius 2 is 2.30 bits per heavy atom. The maximum atomic E-state index is 13.6. The first-order valence-corrected chi connectivity index (χ1v) is 8.98. The number of nitrogens with one attached hydrogen (secondary N) is 1. The van der Waals surface area contributed by atoms with Crippen molar-refractivity contribution in [2.75, 3.05) is 32.8 Å². The van der Waals surface area contributed by atoms with E-state index in [0.717, 1.165) is 50.8 Å². The van der Waals surface area contributed by atoms with Gasteiger partial charge in [0.15, 0.2) is 5.96 Å². The fraction of sp³-hybridized carbons (Fsp3) is 0.588. The van der Waals surface area contributed by atoms with Crippen molar-refractivity contribution >= 4 is 21.9 Å². The van der Waals surface area contributed by atoms with Gasteiger partial charge in [0.05, 0.1) is 17.6 Å². The zero-order chi connectivity index (χ0) is 16.7. The van der Waals surface area contributed by atoms with Crippen molar-refractivity contribution in [2.45, 2.75) is 26.8 Å². The van der Waals surface area contributed by atoms with Gasteiger partial charge in [-0.25, -0.2) is 9.38 Å². The maximum Gasteiger partial charge on any atom is 0.194 e. The normalized spacial score (nSPS) is 18.5. The van der Waals surface area contributed by atoms with Gasteiger partial charge in [0.25, 0.3) is 0 Å². The Labute approximate surface area is 146 Å². The van der Waals surface area contributed by atoms with E-state index in [0.29, 0.717) is 16.9 Å². The number of hydrogen-bond donors (Lipinski definition) is 1. The van der Waals surface area contributed by atoms with Crippen LogP contribution in [0.1, 0.15) is 25.8 Å². The summed E-state index contributed by atoms with van der Waals surface area (Å²) in [4.78, 5) is 6.93. The van der Waals surface area contributed by atoms with Gasteiger partial charge < -0.3 is 15.0 Å². The second kappa shape index (κ2) is 9.23. The number of likely N-dealkylation sites (tertiary alicyclic amines) is 1. The standard InChI is InChI=1S/C17H25BrFN3O/c1-3-20-17(22-8-7-14(11-22)12-23-4-2)21-10-13-5-6-15(18)16(19)9-13/h5-6,9,14H,3-4,7-8,10-12H2,1-2H3,(H,20,21). The van der Waals surface area contributed by atoms with Crippen LogP contribution in [0.4, 0.5) is 4.39 Å². The zero-order valence-electron chi connectivity index (χ0n) is 13.8. The summed E-state index contributed by atoms with van der Waals surface area (Å²) in [5, 5.41) is 3.33. The zero-order valence-corrected chi connectivity index (χ0v) is 15.4. The van der Waals surface area contributed by atoms with E-state index in [1.165, 1.54) is 6.07 Å². The quantitative estimate of drug-likeness (QED) is 0.602. The number of aliphatic imine (C=N–C) groups is 1. The predicted octanol–water partition coefficient (Wildman–Crippen LogP) is 3.41. The Hall–Kier alpha value is -1.14. The second-order valence-corrected chi connectivity index (χ2v) is 6.53. The molecule has 23 heavy (non-hydrogen) atoms. The second-order valence-electron chi connectivity index (χ2n) is 5.68. The number of rotatable bonds is 6. The lowest BCUT2D eigenvalue weighted by Gasteiger charge is -2.21. The van der Waals surface area contributed by atoms with Gasteiger partial charge in [0.2, 0.25) is 0 Å². The van der Waals surface area contributed by atoms with Gasteiger partial charge >= 0.3 is 0 Å². The number of benzene rings is 1. The van der Waals surface area contributed by atoms with E-state index in [4.69, 9.17) is 4.74 Å². The van der Waals surface area contributed by atoms with E-state index in [-0.39, 0.29) is 5.82 Å². The van der Waals surface area contributed by atoms with Crippen molar-refractivity contribution in [2.24, 2.45) is 10.9 Å². The summed E-state index contributed by atoms with van der Waals surface area (Å²) in [6.07, 6.45) is 1.12. The predicted molar refractivity (Wildman–Crippen MR) is 95.1 cm³/mol. The van der Waals surface area contributed by atoms with Crippen LogP contribution in [0.25, 0.3) is 0 Å². The topological polar surface area (TPSA) is 36.9 Å². The molecule has 1 aromatic carbocycles. The van der Waals surface area contributed by atoms with Gasteiger partial charge in [-0.2, -0.15) is 0 Å².